The molecule has 1 N–H and O–H groups in total. The van der Waals surface area contributed by atoms with Crippen LogP contribution in [-0.2, 0) is 4.79 Å². The summed E-state index contributed by atoms with van der Waals surface area (Å²) in [6, 6.07) is 7.19. The summed E-state index contributed by atoms with van der Waals surface area (Å²) in [5.74, 6) is 0.00485. The fourth-order valence-electron chi connectivity index (χ4n) is 3.34. The van der Waals surface area contributed by atoms with Crippen LogP contribution in [0.1, 0.15) is 35.7 Å². The number of piperidine rings is 1. The minimum absolute atomic E-state index is 0.0693. The average molecular weight is 342 g/mol. The number of hydrogen-bond donors (Lipinski definition) is 1. The summed E-state index contributed by atoms with van der Waals surface area (Å²) in [7, 11) is 0. The van der Waals surface area contributed by atoms with E-state index >= 15 is 0 Å². The first kappa shape index (κ1) is 17.2. The lowest BCUT2D eigenvalue weighted by molar-refractivity contribution is -0.130. The number of para-hydroxylation sites is 1. The molecule has 2 aromatic rings. The Morgan fingerprint density at radius 2 is 1.92 bits per heavy atom. The standard InChI is InChI=1S/C19H22N2O4/c1-12-15-5-3-4-6-16(15)25-19(24)17(12)18(23)20-11-14-7-9-21(10-8-14)13(2)22/h3-6,14H,7-11H2,1-2H3,(H,20,23). The number of hydrogen-bond acceptors (Lipinski definition) is 4. The summed E-state index contributed by atoms with van der Waals surface area (Å²) in [4.78, 5) is 37.9. The van der Waals surface area contributed by atoms with Gasteiger partial charge in [-0.25, -0.2) is 4.79 Å². The zero-order valence-electron chi connectivity index (χ0n) is 14.5. The molecule has 2 amide bonds. The lowest BCUT2D eigenvalue weighted by Gasteiger charge is -2.31. The lowest BCUT2D eigenvalue weighted by atomic mass is 9.96. The van der Waals surface area contributed by atoms with E-state index in [2.05, 4.69) is 5.32 Å². The maximum absolute atomic E-state index is 12.5. The molecule has 0 radical (unpaired) electrons. The van der Waals surface area contributed by atoms with Gasteiger partial charge >= 0.3 is 5.63 Å². The highest BCUT2D eigenvalue weighted by atomic mass is 16.4. The number of nitrogens with zero attached hydrogens (tertiary/aromatic N) is 1. The zero-order chi connectivity index (χ0) is 18.0. The third kappa shape index (κ3) is 3.57. The molecular weight excluding hydrogens is 320 g/mol. The molecule has 1 aliphatic heterocycles. The number of carbonyl (C=O) groups excluding carboxylic acids is 2. The van der Waals surface area contributed by atoms with Crippen molar-refractivity contribution in [2.24, 2.45) is 5.92 Å². The third-order valence-corrected chi connectivity index (χ3v) is 4.91. The van der Waals surface area contributed by atoms with Gasteiger partial charge in [-0.05, 0) is 37.3 Å². The normalized spacial score (nSPS) is 15.4. The number of rotatable bonds is 3. The zero-order valence-corrected chi connectivity index (χ0v) is 14.5. The number of benzene rings is 1. The molecule has 0 bridgehead atoms. The van der Waals surface area contributed by atoms with Crippen LogP contribution >= 0.6 is 0 Å². The molecule has 0 spiro atoms. The molecule has 132 valence electrons. The van der Waals surface area contributed by atoms with Gasteiger partial charge in [-0.1, -0.05) is 18.2 Å². The molecule has 2 heterocycles. The van der Waals surface area contributed by atoms with Crippen LogP contribution in [0.2, 0.25) is 0 Å². The number of carbonyl (C=O) groups is 2. The van der Waals surface area contributed by atoms with E-state index in [0.717, 1.165) is 18.2 Å². The van der Waals surface area contributed by atoms with Crippen LogP contribution in [0.15, 0.2) is 33.5 Å². The van der Waals surface area contributed by atoms with Crippen LogP contribution < -0.4 is 10.9 Å². The van der Waals surface area contributed by atoms with E-state index in [0.29, 0.717) is 36.7 Å². The van der Waals surface area contributed by atoms with Gasteiger partial charge in [0.25, 0.3) is 5.91 Å². The van der Waals surface area contributed by atoms with Crippen LogP contribution in [0.5, 0.6) is 0 Å². The van der Waals surface area contributed by atoms with Gasteiger partial charge < -0.3 is 14.6 Å². The molecule has 0 aliphatic carbocycles. The summed E-state index contributed by atoms with van der Waals surface area (Å²) in [5.41, 5.74) is 0.578. The first-order valence-electron chi connectivity index (χ1n) is 8.53. The number of aryl methyl sites for hydroxylation is 1. The van der Waals surface area contributed by atoms with Crippen molar-refractivity contribution in [3.8, 4) is 0 Å². The number of nitrogens with one attached hydrogen (secondary N) is 1. The van der Waals surface area contributed by atoms with Gasteiger partial charge in [0.2, 0.25) is 5.91 Å². The van der Waals surface area contributed by atoms with Crippen LogP contribution in [0.25, 0.3) is 11.0 Å². The molecule has 1 saturated heterocycles. The Balaban J connectivity index is 1.69. The molecule has 1 aliphatic rings. The van der Waals surface area contributed by atoms with E-state index in [-0.39, 0.29) is 11.5 Å². The monoisotopic (exact) mass is 342 g/mol. The van der Waals surface area contributed by atoms with E-state index in [9.17, 15) is 14.4 Å². The summed E-state index contributed by atoms with van der Waals surface area (Å²) in [6.45, 7) is 5.26. The van der Waals surface area contributed by atoms with Crippen molar-refractivity contribution in [1.29, 1.82) is 0 Å². The third-order valence-electron chi connectivity index (χ3n) is 4.91. The molecule has 0 saturated carbocycles. The van der Waals surface area contributed by atoms with Gasteiger partial charge in [-0.3, -0.25) is 9.59 Å². The second kappa shape index (κ2) is 7.09. The maximum atomic E-state index is 12.5. The van der Waals surface area contributed by atoms with Gasteiger partial charge in [0, 0.05) is 31.9 Å². The summed E-state index contributed by atoms with van der Waals surface area (Å²) in [6.07, 6.45) is 1.70. The van der Waals surface area contributed by atoms with Crippen molar-refractivity contribution in [2.75, 3.05) is 19.6 Å². The predicted molar refractivity (Wildman–Crippen MR) is 94.5 cm³/mol. The van der Waals surface area contributed by atoms with Crippen molar-refractivity contribution in [3.63, 3.8) is 0 Å². The highest BCUT2D eigenvalue weighted by molar-refractivity contribution is 5.99. The molecule has 3 rings (SSSR count). The summed E-state index contributed by atoms with van der Waals surface area (Å²) in [5, 5.41) is 3.62. The van der Waals surface area contributed by atoms with Crippen LogP contribution in [0, 0.1) is 12.8 Å². The second-order valence-electron chi connectivity index (χ2n) is 6.55. The lowest BCUT2D eigenvalue weighted by Crippen LogP contribution is -2.41. The molecule has 25 heavy (non-hydrogen) atoms. The van der Waals surface area contributed by atoms with Crippen LogP contribution in [0.3, 0.4) is 0 Å². The Bertz CT molecular complexity index is 863. The van der Waals surface area contributed by atoms with Crippen molar-refractivity contribution in [2.45, 2.75) is 26.7 Å². The van der Waals surface area contributed by atoms with Crippen molar-refractivity contribution in [3.05, 3.63) is 45.8 Å². The topological polar surface area (TPSA) is 79.6 Å². The van der Waals surface area contributed by atoms with Crippen LogP contribution in [0.4, 0.5) is 0 Å². The van der Waals surface area contributed by atoms with E-state index < -0.39 is 11.5 Å². The van der Waals surface area contributed by atoms with Gasteiger partial charge in [0.1, 0.15) is 11.1 Å². The van der Waals surface area contributed by atoms with E-state index in [1.54, 1.807) is 26.0 Å². The first-order chi connectivity index (χ1) is 12.0. The molecule has 1 aromatic heterocycles. The maximum Gasteiger partial charge on any atom is 0.349 e. The van der Waals surface area contributed by atoms with Crippen molar-refractivity contribution < 1.29 is 14.0 Å². The Kier molecular flexibility index (Phi) is 4.88. The van der Waals surface area contributed by atoms with Gasteiger partial charge in [0.15, 0.2) is 0 Å². The van der Waals surface area contributed by atoms with Crippen molar-refractivity contribution in [1.82, 2.24) is 10.2 Å². The van der Waals surface area contributed by atoms with E-state index in [4.69, 9.17) is 4.42 Å². The number of fused-ring (bicyclic) bond motifs is 1. The average Bonchev–Trinajstić information content (AvgIpc) is 2.60. The van der Waals surface area contributed by atoms with Gasteiger partial charge in [-0.15, -0.1) is 0 Å². The van der Waals surface area contributed by atoms with Gasteiger partial charge in [-0.2, -0.15) is 0 Å². The quantitative estimate of drug-likeness (QED) is 0.866. The number of likely N-dealkylation sites (tertiary alicyclic amines) is 1. The number of amides is 2. The first-order valence-corrected chi connectivity index (χ1v) is 8.53. The molecular formula is C19H22N2O4. The highest BCUT2D eigenvalue weighted by Crippen LogP contribution is 2.20. The SMILES string of the molecule is CC(=O)N1CCC(CNC(=O)c2c(C)c3ccccc3oc2=O)CC1. The summed E-state index contributed by atoms with van der Waals surface area (Å²) < 4.78 is 5.27. The minimum Gasteiger partial charge on any atom is -0.422 e. The molecule has 0 unspecified atom stereocenters. The fourth-order valence-corrected chi connectivity index (χ4v) is 3.34. The predicted octanol–water partition coefficient (Wildman–Crippen LogP) is 2.09. The Labute approximate surface area is 145 Å². The molecule has 6 heteroatoms. The summed E-state index contributed by atoms with van der Waals surface area (Å²) >= 11 is 0. The second-order valence-corrected chi connectivity index (χ2v) is 6.55. The Hall–Kier alpha value is -2.63. The van der Waals surface area contributed by atoms with Crippen molar-refractivity contribution >= 4 is 22.8 Å². The molecule has 6 nitrogen and oxygen atoms in total. The Morgan fingerprint density at radius 3 is 2.60 bits per heavy atom. The fraction of sp³-hybridized carbons (Fsp3) is 0.421. The van der Waals surface area contributed by atoms with Crippen LogP contribution in [-0.4, -0.2) is 36.3 Å². The van der Waals surface area contributed by atoms with E-state index in [1.807, 2.05) is 17.0 Å². The smallest absolute Gasteiger partial charge is 0.349 e. The van der Waals surface area contributed by atoms with Gasteiger partial charge in [0.05, 0.1) is 0 Å². The highest BCUT2D eigenvalue weighted by Gasteiger charge is 2.23. The minimum atomic E-state index is -0.611. The molecule has 1 aromatic carbocycles. The largest absolute Gasteiger partial charge is 0.422 e. The van der Waals surface area contributed by atoms with E-state index in [1.165, 1.54) is 0 Å². The Morgan fingerprint density at radius 1 is 1.24 bits per heavy atom. The molecule has 1 fully saturated rings. The molecule has 0 atom stereocenters.